The number of rotatable bonds is 27. The molecule has 10 heteroatoms. The van der Waals surface area contributed by atoms with Crippen molar-refractivity contribution in [3.63, 3.8) is 0 Å². The largest absolute Gasteiger partial charge is 0.394 e. The lowest BCUT2D eigenvalue weighted by molar-refractivity contribution is -0.109. The van der Waals surface area contributed by atoms with Gasteiger partial charge in [-0.15, -0.1) is 0 Å². The van der Waals surface area contributed by atoms with Crippen LogP contribution in [0.1, 0.15) is 68.2 Å². The van der Waals surface area contributed by atoms with E-state index in [0.717, 1.165) is 12.8 Å². The third-order valence-electron chi connectivity index (χ3n) is 5.48. The van der Waals surface area contributed by atoms with Gasteiger partial charge in [0.25, 0.3) is 0 Å². The summed E-state index contributed by atoms with van der Waals surface area (Å²) in [7, 11) is 0. The van der Waals surface area contributed by atoms with Crippen LogP contribution in [-0.2, 0) is 37.9 Å². The van der Waals surface area contributed by atoms with Gasteiger partial charge in [-0.25, -0.2) is 0 Å². The van der Waals surface area contributed by atoms with Crippen LogP contribution in [-0.4, -0.2) is 125 Å². The topological polar surface area (TPSA) is 114 Å². The highest BCUT2D eigenvalue weighted by atomic mass is 16.6. The molecule has 0 rings (SSSR count). The predicted molar refractivity (Wildman–Crippen MR) is 147 cm³/mol. The van der Waals surface area contributed by atoms with Gasteiger partial charge < -0.3 is 48.1 Å². The summed E-state index contributed by atoms with van der Waals surface area (Å²) in [6, 6.07) is 0. The van der Waals surface area contributed by atoms with E-state index in [1.807, 2.05) is 48.5 Å². The highest BCUT2D eigenvalue weighted by Crippen LogP contribution is 2.05. The first-order valence-corrected chi connectivity index (χ1v) is 14.2. The van der Waals surface area contributed by atoms with E-state index in [-0.39, 0.29) is 62.5 Å². The molecule has 0 aromatic rings. The fourth-order valence-electron chi connectivity index (χ4n) is 2.93. The van der Waals surface area contributed by atoms with Crippen molar-refractivity contribution in [1.82, 2.24) is 0 Å². The van der Waals surface area contributed by atoms with Gasteiger partial charge in [0.05, 0.1) is 102 Å². The van der Waals surface area contributed by atoms with Gasteiger partial charge in [0, 0.05) is 6.61 Å². The van der Waals surface area contributed by atoms with Crippen molar-refractivity contribution in [3.8, 4) is 0 Å². The van der Waals surface area contributed by atoms with Crippen LogP contribution in [0, 0.1) is 0 Å². The zero-order chi connectivity index (χ0) is 28.8. The van der Waals surface area contributed by atoms with E-state index in [1.165, 1.54) is 0 Å². The first-order chi connectivity index (χ1) is 18.1. The predicted octanol–water partition coefficient (Wildman–Crippen LogP) is 2.99. The lowest BCUT2D eigenvalue weighted by Crippen LogP contribution is -2.30. The summed E-state index contributed by atoms with van der Waals surface area (Å²) >= 11 is 0. The Bertz CT molecular complexity index is 512. The Morgan fingerprint density at radius 3 is 1.11 bits per heavy atom. The SMILES string of the molecule is CCCCOCC(O)COC(C)COC(C)COC(C)COC(C)COC(C)COC(C)COC(C)CO. The smallest absolute Gasteiger partial charge is 0.101 e. The normalized spacial score (nSPS) is 18.5. The highest BCUT2D eigenvalue weighted by molar-refractivity contribution is 4.60. The van der Waals surface area contributed by atoms with Crippen molar-refractivity contribution in [3.05, 3.63) is 0 Å². The van der Waals surface area contributed by atoms with E-state index >= 15 is 0 Å². The van der Waals surface area contributed by atoms with Crippen LogP contribution in [0.2, 0.25) is 0 Å². The number of hydrogen-bond donors (Lipinski definition) is 2. The molecule has 0 fully saturated rings. The Balaban J connectivity index is 3.83. The third-order valence-corrected chi connectivity index (χ3v) is 5.48. The van der Waals surface area contributed by atoms with Crippen LogP contribution in [0.4, 0.5) is 0 Å². The second-order valence-corrected chi connectivity index (χ2v) is 10.3. The van der Waals surface area contributed by atoms with Crippen molar-refractivity contribution in [1.29, 1.82) is 0 Å². The molecule has 0 spiro atoms. The van der Waals surface area contributed by atoms with Crippen molar-refractivity contribution in [2.24, 2.45) is 0 Å². The quantitative estimate of drug-likeness (QED) is 0.147. The maximum Gasteiger partial charge on any atom is 0.101 e. The molecule has 0 aliphatic rings. The Morgan fingerprint density at radius 2 is 0.789 bits per heavy atom. The number of aliphatic hydroxyl groups excluding tert-OH is 2. The van der Waals surface area contributed by atoms with Gasteiger partial charge in [0.2, 0.25) is 0 Å². The molecule has 8 atom stereocenters. The molecule has 38 heavy (non-hydrogen) atoms. The second kappa shape index (κ2) is 24.4. The molecule has 0 aliphatic carbocycles. The van der Waals surface area contributed by atoms with E-state index in [0.29, 0.717) is 46.2 Å². The first-order valence-electron chi connectivity index (χ1n) is 14.2. The molecule has 230 valence electrons. The standard InChI is InChI=1S/C28H58O10/c1-9-10-11-31-19-28(30)20-38-27(8)18-37-26(7)17-36-25(6)16-35-24(5)15-34-23(4)14-33-22(3)13-32-21(2)12-29/h21-30H,9-20H2,1-8H3. The van der Waals surface area contributed by atoms with Gasteiger partial charge in [0.1, 0.15) is 6.10 Å². The molecule has 8 unspecified atom stereocenters. The molecule has 0 aromatic heterocycles. The van der Waals surface area contributed by atoms with Crippen LogP contribution in [0.25, 0.3) is 0 Å². The lowest BCUT2D eigenvalue weighted by Gasteiger charge is -2.23. The minimum atomic E-state index is -0.629. The number of unbranched alkanes of at least 4 members (excludes halogenated alkanes) is 1. The molecule has 10 nitrogen and oxygen atoms in total. The highest BCUT2D eigenvalue weighted by Gasteiger charge is 2.14. The maximum absolute atomic E-state index is 9.91. The molecular weight excluding hydrogens is 496 g/mol. The van der Waals surface area contributed by atoms with Crippen molar-refractivity contribution >= 4 is 0 Å². The summed E-state index contributed by atoms with van der Waals surface area (Å²) in [6.07, 6.45) is 0.724. The fourth-order valence-corrected chi connectivity index (χ4v) is 2.93. The molecule has 0 amide bonds. The third kappa shape index (κ3) is 23.5. The van der Waals surface area contributed by atoms with E-state index < -0.39 is 6.10 Å². The summed E-state index contributed by atoms with van der Waals surface area (Å²) in [6.45, 7) is 19.5. The van der Waals surface area contributed by atoms with Crippen LogP contribution in [0.15, 0.2) is 0 Å². The van der Waals surface area contributed by atoms with Crippen LogP contribution < -0.4 is 0 Å². The molecule has 2 N–H and O–H groups in total. The van der Waals surface area contributed by atoms with E-state index in [4.69, 9.17) is 43.0 Å². The summed E-state index contributed by atoms with van der Waals surface area (Å²) in [5, 5.41) is 18.9. The summed E-state index contributed by atoms with van der Waals surface area (Å²) in [5.41, 5.74) is 0. The number of ether oxygens (including phenoxy) is 8. The van der Waals surface area contributed by atoms with Crippen LogP contribution in [0.3, 0.4) is 0 Å². The van der Waals surface area contributed by atoms with Crippen molar-refractivity contribution in [2.45, 2.75) is 117 Å². The molecule has 0 saturated carbocycles. The fraction of sp³-hybridized carbons (Fsp3) is 1.00. The summed E-state index contributed by atoms with van der Waals surface area (Å²) in [4.78, 5) is 0. The van der Waals surface area contributed by atoms with Crippen LogP contribution >= 0.6 is 0 Å². The average Bonchev–Trinajstić information content (AvgIpc) is 2.91. The molecule has 0 aliphatic heterocycles. The van der Waals surface area contributed by atoms with Gasteiger partial charge in [0.15, 0.2) is 0 Å². The maximum atomic E-state index is 9.91. The van der Waals surface area contributed by atoms with Gasteiger partial charge in [-0.1, -0.05) is 13.3 Å². The Morgan fingerprint density at radius 1 is 0.474 bits per heavy atom. The summed E-state index contributed by atoms with van der Waals surface area (Å²) in [5.74, 6) is 0. The molecule has 0 heterocycles. The van der Waals surface area contributed by atoms with E-state index in [2.05, 4.69) is 6.92 Å². The number of hydrogen-bond acceptors (Lipinski definition) is 10. The van der Waals surface area contributed by atoms with Gasteiger partial charge >= 0.3 is 0 Å². The van der Waals surface area contributed by atoms with Gasteiger partial charge in [-0.05, 0) is 54.9 Å². The minimum Gasteiger partial charge on any atom is -0.394 e. The van der Waals surface area contributed by atoms with E-state index in [1.54, 1.807) is 0 Å². The monoisotopic (exact) mass is 554 g/mol. The van der Waals surface area contributed by atoms with E-state index in [9.17, 15) is 5.11 Å². The average molecular weight is 555 g/mol. The summed E-state index contributed by atoms with van der Waals surface area (Å²) < 4.78 is 45.6. The van der Waals surface area contributed by atoms with Crippen molar-refractivity contribution < 1.29 is 48.1 Å². The Kier molecular flexibility index (Phi) is 24.1. The van der Waals surface area contributed by atoms with Gasteiger partial charge in [-0.3, -0.25) is 0 Å². The molecular formula is C28H58O10. The van der Waals surface area contributed by atoms with Crippen LogP contribution in [0.5, 0.6) is 0 Å². The second-order valence-electron chi connectivity index (χ2n) is 10.3. The minimum absolute atomic E-state index is 0.00208. The first kappa shape index (κ1) is 37.6. The molecule has 0 saturated heterocycles. The molecule has 0 aromatic carbocycles. The Hall–Kier alpha value is -0.400. The zero-order valence-electron chi connectivity index (χ0n) is 25.3. The van der Waals surface area contributed by atoms with Gasteiger partial charge in [-0.2, -0.15) is 0 Å². The lowest BCUT2D eigenvalue weighted by atomic mass is 10.3. The Labute approximate surface area is 231 Å². The number of aliphatic hydroxyl groups is 2. The zero-order valence-corrected chi connectivity index (χ0v) is 25.3. The molecule has 0 radical (unpaired) electrons. The van der Waals surface area contributed by atoms with Crippen molar-refractivity contribution in [2.75, 3.05) is 66.1 Å². The molecule has 0 bridgehead atoms.